The van der Waals surface area contributed by atoms with E-state index < -0.39 is 0 Å². The highest BCUT2D eigenvalue weighted by Crippen LogP contribution is 2.38. The first-order valence-electron chi connectivity index (χ1n) is 11.6. The molecule has 7 heteroatoms. The summed E-state index contributed by atoms with van der Waals surface area (Å²) in [6.07, 6.45) is 3.33. The maximum atomic E-state index is 12.9. The quantitative estimate of drug-likeness (QED) is 0.236. The second kappa shape index (κ2) is 9.87. The van der Waals surface area contributed by atoms with Crippen LogP contribution in [0.15, 0.2) is 71.4 Å². The third-order valence-corrected chi connectivity index (χ3v) is 6.84. The van der Waals surface area contributed by atoms with Gasteiger partial charge in [0.15, 0.2) is 0 Å². The van der Waals surface area contributed by atoms with Crippen molar-refractivity contribution in [3.63, 3.8) is 0 Å². The van der Waals surface area contributed by atoms with Gasteiger partial charge >= 0.3 is 0 Å². The number of hydrogen-bond donors (Lipinski definition) is 1. The molecule has 0 aliphatic carbocycles. The standard InChI is InChI=1S/C29H26N2O4S/c1-5-34-26-15-27-23(24(16-35-27)19-7-6-8-21(12-19)33-4)14-22(26)17(2)11-29(32)31-20-9-10-28-25(13-20)30-18(3)36-28/h6-16H,5H2,1-4H3,(H,31,32)/b17-11+. The molecule has 36 heavy (non-hydrogen) atoms. The highest BCUT2D eigenvalue weighted by Gasteiger charge is 2.16. The lowest BCUT2D eigenvalue weighted by Gasteiger charge is -2.12. The lowest BCUT2D eigenvalue weighted by atomic mass is 9.99. The average Bonchev–Trinajstić information content (AvgIpc) is 3.45. The predicted octanol–water partition coefficient (Wildman–Crippen LogP) is 7.47. The maximum Gasteiger partial charge on any atom is 0.248 e. The highest BCUT2D eigenvalue weighted by molar-refractivity contribution is 7.18. The van der Waals surface area contributed by atoms with Crippen LogP contribution in [0.3, 0.4) is 0 Å². The van der Waals surface area contributed by atoms with Crippen LogP contribution in [-0.2, 0) is 4.79 Å². The van der Waals surface area contributed by atoms with E-state index in [4.69, 9.17) is 13.9 Å². The molecule has 0 radical (unpaired) electrons. The number of nitrogens with one attached hydrogen (secondary N) is 1. The Labute approximate surface area is 213 Å². The van der Waals surface area contributed by atoms with Crippen LogP contribution in [0.1, 0.15) is 24.4 Å². The van der Waals surface area contributed by atoms with Crippen LogP contribution in [0.4, 0.5) is 5.69 Å². The number of hydrogen-bond acceptors (Lipinski definition) is 6. The van der Waals surface area contributed by atoms with Crippen molar-refractivity contribution in [1.82, 2.24) is 4.98 Å². The molecule has 1 amide bonds. The van der Waals surface area contributed by atoms with Crippen molar-refractivity contribution in [2.45, 2.75) is 20.8 Å². The molecular weight excluding hydrogens is 472 g/mol. The lowest BCUT2D eigenvalue weighted by molar-refractivity contribution is -0.111. The molecule has 5 rings (SSSR count). The zero-order valence-corrected chi connectivity index (χ0v) is 21.4. The number of nitrogens with zero attached hydrogens (tertiary/aromatic N) is 1. The molecule has 0 bridgehead atoms. The van der Waals surface area contributed by atoms with Gasteiger partial charge in [-0.2, -0.15) is 0 Å². The number of ether oxygens (including phenoxy) is 2. The highest BCUT2D eigenvalue weighted by atomic mass is 32.1. The van der Waals surface area contributed by atoms with Gasteiger partial charge in [0.25, 0.3) is 0 Å². The number of furan rings is 1. The molecule has 1 N–H and O–H groups in total. The summed E-state index contributed by atoms with van der Waals surface area (Å²) in [6.45, 7) is 6.30. The summed E-state index contributed by atoms with van der Waals surface area (Å²) in [5.41, 5.74) is 5.83. The fourth-order valence-corrected chi connectivity index (χ4v) is 5.03. The lowest BCUT2D eigenvalue weighted by Crippen LogP contribution is -2.08. The topological polar surface area (TPSA) is 73.6 Å². The Morgan fingerprint density at radius 3 is 2.83 bits per heavy atom. The van der Waals surface area contributed by atoms with Crippen LogP contribution in [-0.4, -0.2) is 24.6 Å². The maximum absolute atomic E-state index is 12.9. The van der Waals surface area contributed by atoms with E-state index in [1.165, 1.54) is 0 Å². The van der Waals surface area contributed by atoms with E-state index in [9.17, 15) is 4.79 Å². The molecule has 0 fully saturated rings. The number of amides is 1. The van der Waals surface area contributed by atoms with Gasteiger partial charge in [0.1, 0.15) is 17.1 Å². The third-order valence-electron chi connectivity index (χ3n) is 5.89. The van der Waals surface area contributed by atoms with Crippen molar-refractivity contribution >= 4 is 49.7 Å². The molecule has 3 aromatic carbocycles. The van der Waals surface area contributed by atoms with Gasteiger partial charge < -0.3 is 19.2 Å². The normalized spacial score (nSPS) is 11.7. The van der Waals surface area contributed by atoms with Crippen LogP contribution >= 0.6 is 11.3 Å². The summed E-state index contributed by atoms with van der Waals surface area (Å²) >= 11 is 1.63. The second-order valence-electron chi connectivity index (χ2n) is 8.39. The minimum absolute atomic E-state index is 0.221. The molecule has 6 nitrogen and oxygen atoms in total. The number of rotatable bonds is 7. The van der Waals surface area contributed by atoms with Crippen molar-refractivity contribution in [2.75, 3.05) is 19.0 Å². The fourth-order valence-electron chi connectivity index (χ4n) is 4.23. The van der Waals surface area contributed by atoms with Gasteiger partial charge in [0, 0.05) is 34.3 Å². The van der Waals surface area contributed by atoms with Gasteiger partial charge in [-0.05, 0) is 68.3 Å². The Hall–Kier alpha value is -4.10. The van der Waals surface area contributed by atoms with Gasteiger partial charge in [0.05, 0.1) is 35.2 Å². The zero-order chi connectivity index (χ0) is 25.2. The molecule has 0 aliphatic rings. The van der Waals surface area contributed by atoms with Crippen LogP contribution in [0, 0.1) is 6.92 Å². The molecule has 5 aromatic rings. The second-order valence-corrected chi connectivity index (χ2v) is 9.63. The number of benzene rings is 3. The molecule has 0 atom stereocenters. The summed E-state index contributed by atoms with van der Waals surface area (Å²) in [5, 5.41) is 4.88. The van der Waals surface area contributed by atoms with Crippen LogP contribution in [0.25, 0.3) is 37.9 Å². The molecular formula is C29H26N2O4S. The van der Waals surface area contributed by atoms with E-state index in [2.05, 4.69) is 10.3 Å². The average molecular weight is 499 g/mol. The van der Waals surface area contributed by atoms with E-state index in [-0.39, 0.29) is 5.91 Å². The number of allylic oxidation sites excluding steroid dienone is 1. The Morgan fingerprint density at radius 1 is 1.17 bits per heavy atom. The molecule has 2 heterocycles. The molecule has 0 unspecified atom stereocenters. The van der Waals surface area contributed by atoms with Gasteiger partial charge in [-0.25, -0.2) is 4.98 Å². The molecule has 0 saturated carbocycles. The SMILES string of the molecule is CCOc1cc2occ(-c3cccc(OC)c3)c2cc1/C(C)=C/C(=O)Nc1ccc2sc(C)nc2c1. The van der Waals surface area contributed by atoms with Gasteiger partial charge in [-0.15, -0.1) is 11.3 Å². The summed E-state index contributed by atoms with van der Waals surface area (Å²) in [7, 11) is 1.65. The predicted molar refractivity (Wildman–Crippen MR) is 146 cm³/mol. The van der Waals surface area contributed by atoms with Crippen molar-refractivity contribution in [3.8, 4) is 22.6 Å². The van der Waals surface area contributed by atoms with Gasteiger partial charge in [0.2, 0.25) is 5.91 Å². The molecule has 0 spiro atoms. The van der Waals surface area contributed by atoms with Crippen LogP contribution in [0.5, 0.6) is 11.5 Å². The van der Waals surface area contributed by atoms with Crippen molar-refractivity contribution in [3.05, 3.63) is 77.5 Å². The van der Waals surface area contributed by atoms with Gasteiger partial charge in [-0.1, -0.05) is 12.1 Å². The number of carbonyl (C=O) groups excluding carboxylic acids is 1. The Balaban J connectivity index is 1.49. The fraction of sp³-hybridized carbons (Fsp3) is 0.172. The first kappa shape index (κ1) is 23.6. The van der Waals surface area contributed by atoms with E-state index in [0.717, 1.165) is 48.6 Å². The minimum atomic E-state index is -0.221. The van der Waals surface area contributed by atoms with Crippen LogP contribution in [0.2, 0.25) is 0 Å². The van der Waals surface area contributed by atoms with E-state index >= 15 is 0 Å². The first-order chi connectivity index (χ1) is 17.4. The minimum Gasteiger partial charge on any atom is -0.497 e. The Morgan fingerprint density at radius 2 is 2.03 bits per heavy atom. The third kappa shape index (κ3) is 4.70. The number of carbonyl (C=O) groups is 1. The largest absolute Gasteiger partial charge is 0.497 e. The van der Waals surface area contributed by atoms with Crippen LogP contribution < -0.4 is 14.8 Å². The summed E-state index contributed by atoms with van der Waals surface area (Å²) in [5.74, 6) is 1.21. The molecule has 0 aliphatic heterocycles. The number of thiazole rings is 1. The molecule has 2 aromatic heterocycles. The van der Waals surface area contributed by atoms with Crippen molar-refractivity contribution < 1.29 is 18.7 Å². The van der Waals surface area contributed by atoms with E-state index in [1.54, 1.807) is 30.8 Å². The first-order valence-corrected chi connectivity index (χ1v) is 12.5. The summed E-state index contributed by atoms with van der Waals surface area (Å²) in [4.78, 5) is 17.4. The monoisotopic (exact) mass is 498 g/mol. The zero-order valence-electron chi connectivity index (χ0n) is 20.5. The Kier molecular flexibility index (Phi) is 6.48. The van der Waals surface area contributed by atoms with E-state index in [0.29, 0.717) is 23.6 Å². The Bertz CT molecular complexity index is 1610. The number of aryl methyl sites for hydroxylation is 1. The van der Waals surface area contributed by atoms with Gasteiger partial charge in [-0.3, -0.25) is 4.79 Å². The number of fused-ring (bicyclic) bond motifs is 2. The van der Waals surface area contributed by atoms with Crippen molar-refractivity contribution in [1.29, 1.82) is 0 Å². The number of aromatic nitrogens is 1. The summed E-state index contributed by atoms with van der Waals surface area (Å²) < 4.78 is 18.3. The van der Waals surface area contributed by atoms with E-state index in [1.807, 2.05) is 75.4 Å². The summed E-state index contributed by atoms with van der Waals surface area (Å²) in [6, 6.07) is 17.5. The van der Waals surface area contributed by atoms with Crippen molar-refractivity contribution in [2.24, 2.45) is 0 Å². The smallest absolute Gasteiger partial charge is 0.248 e. The number of methoxy groups -OCH3 is 1. The number of anilines is 1. The molecule has 0 saturated heterocycles. The molecule has 182 valence electrons.